The molecule has 2 atom stereocenters. The fourth-order valence-electron chi connectivity index (χ4n) is 2.70. The molecule has 3 rings (SSSR count). The van der Waals surface area contributed by atoms with Crippen LogP contribution in [0, 0.1) is 10.1 Å². The maximum Gasteiger partial charge on any atom is 0.294 e. The van der Waals surface area contributed by atoms with Gasteiger partial charge in [-0.3, -0.25) is 10.1 Å². The lowest BCUT2D eigenvalue weighted by Crippen LogP contribution is -2.43. The normalized spacial score (nSPS) is 21.8. The molecule has 22 heavy (non-hydrogen) atoms. The molecule has 1 aromatic heterocycles. The van der Waals surface area contributed by atoms with Crippen molar-refractivity contribution in [2.24, 2.45) is 0 Å². The molecule has 0 bridgehead atoms. The fourth-order valence-corrected chi connectivity index (χ4v) is 3.57. The second-order valence-electron chi connectivity index (χ2n) is 5.29. The SMILES string of the molecule is CC1CN(c2ccc(Cl)cc2[N+](=O)[O-])CC(c2ccsc2)O1. The third-order valence-corrected chi connectivity index (χ3v) is 4.59. The molecule has 0 spiro atoms. The van der Waals surface area contributed by atoms with Crippen LogP contribution in [0.1, 0.15) is 18.6 Å². The molecule has 116 valence electrons. The first kappa shape index (κ1) is 15.3. The summed E-state index contributed by atoms with van der Waals surface area (Å²) < 4.78 is 5.98. The summed E-state index contributed by atoms with van der Waals surface area (Å²) >= 11 is 7.51. The van der Waals surface area contributed by atoms with Crippen molar-refractivity contribution in [2.75, 3.05) is 18.0 Å². The Morgan fingerprint density at radius 1 is 1.41 bits per heavy atom. The minimum atomic E-state index is -0.388. The molecule has 2 unspecified atom stereocenters. The Balaban J connectivity index is 1.92. The number of nitro benzene ring substituents is 1. The third kappa shape index (κ3) is 3.09. The van der Waals surface area contributed by atoms with Gasteiger partial charge in [0.05, 0.1) is 11.0 Å². The number of hydrogen-bond donors (Lipinski definition) is 0. The first-order valence-corrected chi connectivity index (χ1v) is 8.23. The minimum Gasteiger partial charge on any atom is -0.367 e. The van der Waals surface area contributed by atoms with Crippen molar-refractivity contribution in [1.29, 1.82) is 0 Å². The largest absolute Gasteiger partial charge is 0.367 e. The van der Waals surface area contributed by atoms with E-state index in [0.29, 0.717) is 23.8 Å². The van der Waals surface area contributed by atoms with Crippen molar-refractivity contribution in [2.45, 2.75) is 19.1 Å². The lowest BCUT2D eigenvalue weighted by atomic mass is 10.1. The topological polar surface area (TPSA) is 55.6 Å². The van der Waals surface area contributed by atoms with E-state index < -0.39 is 0 Å². The number of nitrogens with zero attached hydrogens (tertiary/aromatic N) is 2. The zero-order valence-electron chi connectivity index (χ0n) is 11.9. The number of nitro groups is 1. The van der Waals surface area contributed by atoms with Crippen molar-refractivity contribution in [3.05, 3.63) is 55.7 Å². The second-order valence-corrected chi connectivity index (χ2v) is 6.50. The van der Waals surface area contributed by atoms with E-state index in [-0.39, 0.29) is 22.8 Å². The Bertz CT molecular complexity index is 677. The highest BCUT2D eigenvalue weighted by atomic mass is 35.5. The molecule has 1 aliphatic heterocycles. The van der Waals surface area contributed by atoms with Gasteiger partial charge in [-0.1, -0.05) is 11.6 Å². The van der Waals surface area contributed by atoms with Gasteiger partial charge in [-0.15, -0.1) is 0 Å². The minimum absolute atomic E-state index is 0.00562. The first-order chi connectivity index (χ1) is 10.5. The van der Waals surface area contributed by atoms with Gasteiger partial charge in [-0.2, -0.15) is 11.3 Å². The maximum absolute atomic E-state index is 11.3. The molecule has 2 aromatic rings. The Morgan fingerprint density at radius 2 is 2.23 bits per heavy atom. The molecule has 0 aliphatic carbocycles. The zero-order valence-corrected chi connectivity index (χ0v) is 13.5. The van der Waals surface area contributed by atoms with Crippen molar-refractivity contribution in [1.82, 2.24) is 0 Å². The van der Waals surface area contributed by atoms with Crippen molar-refractivity contribution < 1.29 is 9.66 Å². The van der Waals surface area contributed by atoms with E-state index in [1.807, 2.05) is 23.3 Å². The van der Waals surface area contributed by atoms with Gasteiger partial charge in [-0.25, -0.2) is 0 Å². The quantitative estimate of drug-likeness (QED) is 0.619. The molecule has 0 radical (unpaired) electrons. The van der Waals surface area contributed by atoms with E-state index in [4.69, 9.17) is 16.3 Å². The van der Waals surface area contributed by atoms with Gasteiger partial charge < -0.3 is 9.64 Å². The van der Waals surface area contributed by atoms with Gasteiger partial charge in [0, 0.05) is 24.2 Å². The summed E-state index contributed by atoms with van der Waals surface area (Å²) in [4.78, 5) is 12.9. The van der Waals surface area contributed by atoms with Crippen LogP contribution in [0.15, 0.2) is 35.0 Å². The van der Waals surface area contributed by atoms with E-state index in [1.165, 1.54) is 6.07 Å². The van der Waals surface area contributed by atoms with Gasteiger partial charge in [0.2, 0.25) is 0 Å². The van der Waals surface area contributed by atoms with E-state index in [9.17, 15) is 10.1 Å². The standard InChI is InChI=1S/C15H15ClN2O3S/c1-10-7-17(8-15(21-10)11-4-5-22-9-11)13-3-2-12(16)6-14(13)18(19)20/h2-6,9-10,15H,7-8H2,1H3. The predicted octanol–water partition coefficient (Wildman–Crippen LogP) is 4.28. The average molecular weight is 339 g/mol. The number of benzene rings is 1. The molecule has 1 fully saturated rings. The van der Waals surface area contributed by atoms with Crippen LogP contribution in [0.25, 0.3) is 0 Å². The summed E-state index contributed by atoms with van der Waals surface area (Å²) in [7, 11) is 0. The molecule has 1 saturated heterocycles. The molecular weight excluding hydrogens is 324 g/mol. The van der Waals surface area contributed by atoms with Crippen LogP contribution < -0.4 is 4.90 Å². The third-order valence-electron chi connectivity index (χ3n) is 3.65. The van der Waals surface area contributed by atoms with Gasteiger partial charge in [0.1, 0.15) is 11.8 Å². The summed E-state index contributed by atoms with van der Waals surface area (Å²) in [6.07, 6.45) is -0.0841. The first-order valence-electron chi connectivity index (χ1n) is 6.91. The van der Waals surface area contributed by atoms with Crippen LogP contribution in [0.2, 0.25) is 5.02 Å². The van der Waals surface area contributed by atoms with Crippen LogP contribution in [-0.2, 0) is 4.74 Å². The highest BCUT2D eigenvalue weighted by molar-refractivity contribution is 7.07. The number of morpholine rings is 1. The lowest BCUT2D eigenvalue weighted by molar-refractivity contribution is -0.384. The van der Waals surface area contributed by atoms with Crippen molar-refractivity contribution in [3.8, 4) is 0 Å². The fraction of sp³-hybridized carbons (Fsp3) is 0.333. The summed E-state index contributed by atoms with van der Waals surface area (Å²) in [6.45, 7) is 3.18. The van der Waals surface area contributed by atoms with Crippen molar-refractivity contribution in [3.63, 3.8) is 0 Å². The van der Waals surface area contributed by atoms with Crippen LogP contribution >= 0.6 is 22.9 Å². The molecule has 0 amide bonds. The molecule has 0 saturated carbocycles. The van der Waals surface area contributed by atoms with Gasteiger partial charge in [0.25, 0.3) is 5.69 Å². The second kappa shape index (κ2) is 6.24. The highest BCUT2D eigenvalue weighted by Gasteiger charge is 2.30. The van der Waals surface area contributed by atoms with E-state index in [2.05, 4.69) is 5.38 Å². The lowest BCUT2D eigenvalue weighted by Gasteiger charge is -2.37. The number of anilines is 1. The predicted molar refractivity (Wildman–Crippen MR) is 87.9 cm³/mol. The molecular formula is C15H15ClN2O3S. The summed E-state index contributed by atoms with van der Waals surface area (Å²) in [5.74, 6) is 0. The number of rotatable bonds is 3. The Morgan fingerprint density at radius 3 is 2.91 bits per heavy atom. The highest BCUT2D eigenvalue weighted by Crippen LogP contribution is 2.35. The summed E-state index contributed by atoms with van der Waals surface area (Å²) in [5.41, 5.74) is 1.73. The maximum atomic E-state index is 11.3. The summed E-state index contributed by atoms with van der Waals surface area (Å²) in [6, 6.07) is 6.82. The molecule has 0 N–H and O–H groups in total. The monoisotopic (exact) mass is 338 g/mol. The average Bonchev–Trinajstić information content (AvgIpc) is 3.00. The van der Waals surface area contributed by atoms with Crippen LogP contribution in [0.5, 0.6) is 0 Å². The smallest absolute Gasteiger partial charge is 0.294 e. The van der Waals surface area contributed by atoms with Crippen molar-refractivity contribution >= 4 is 34.3 Å². The zero-order chi connectivity index (χ0) is 15.7. The Labute approximate surface area is 137 Å². The molecule has 2 heterocycles. The van der Waals surface area contributed by atoms with Crippen LogP contribution in [-0.4, -0.2) is 24.1 Å². The summed E-state index contributed by atoms with van der Waals surface area (Å²) in [5, 5.41) is 15.7. The number of halogens is 1. The van der Waals surface area contributed by atoms with Gasteiger partial charge in [0.15, 0.2) is 0 Å². The molecule has 1 aromatic carbocycles. The van der Waals surface area contributed by atoms with E-state index in [1.54, 1.807) is 23.5 Å². The number of thiophene rings is 1. The van der Waals surface area contributed by atoms with Gasteiger partial charge >= 0.3 is 0 Å². The number of ether oxygens (including phenoxy) is 1. The van der Waals surface area contributed by atoms with E-state index in [0.717, 1.165) is 5.56 Å². The molecule has 1 aliphatic rings. The Kier molecular flexibility index (Phi) is 4.33. The number of hydrogen-bond acceptors (Lipinski definition) is 5. The van der Waals surface area contributed by atoms with E-state index >= 15 is 0 Å². The van der Waals surface area contributed by atoms with Crippen LogP contribution in [0.3, 0.4) is 0 Å². The van der Waals surface area contributed by atoms with Gasteiger partial charge in [-0.05, 0) is 41.4 Å². The molecule has 7 heteroatoms. The molecule has 5 nitrogen and oxygen atoms in total. The van der Waals surface area contributed by atoms with Crippen LogP contribution in [0.4, 0.5) is 11.4 Å². The Hall–Kier alpha value is -1.63.